The minimum absolute atomic E-state index is 0.226. The monoisotopic (exact) mass is 386 g/mol. The van der Waals surface area contributed by atoms with E-state index in [1.807, 2.05) is 20.9 Å². The molecule has 2 aliphatic rings. The van der Waals surface area contributed by atoms with Crippen molar-refractivity contribution in [1.29, 1.82) is 0 Å². The Balaban J connectivity index is 1.53. The number of benzene rings is 1. The zero-order valence-electron chi connectivity index (χ0n) is 16.1. The Labute approximate surface area is 162 Å². The van der Waals surface area contributed by atoms with Gasteiger partial charge in [0, 0.05) is 18.7 Å². The summed E-state index contributed by atoms with van der Waals surface area (Å²) < 4.78 is 17.0. The maximum Gasteiger partial charge on any atom is 0.331 e. The average Bonchev–Trinajstić information content (AvgIpc) is 3.32. The van der Waals surface area contributed by atoms with Crippen molar-refractivity contribution in [2.75, 3.05) is 5.32 Å². The lowest BCUT2D eigenvalue weighted by atomic mass is 9.99. The third kappa shape index (κ3) is 3.29. The van der Waals surface area contributed by atoms with Crippen molar-refractivity contribution in [2.24, 2.45) is 7.05 Å². The molecule has 0 aliphatic heterocycles. The van der Waals surface area contributed by atoms with Crippen LogP contribution in [0.25, 0.3) is 0 Å². The van der Waals surface area contributed by atoms with Crippen LogP contribution >= 0.6 is 0 Å². The lowest BCUT2D eigenvalue weighted by molar-refractivity contribution is 0.257. The Bertz CT molecular complexity index is 900. The summed E-state index contributed by atoms with van der Waals surface area (Å²) in [4.78, 5) is 16.9. The highest BCUT2D eigenvalue weighted by Gasteiger charge is 2.25. The maximum absolute atomic E-state index is 12.6. The molecule has 1 heterocycles. The molecule has 1 unspecified atom stereocenters. The minimum atomic E-state index is -1.65. The number of hydrogen-bond acceptors (Lipinski definition) is 3. The molecule has 0 saturated carbocycles. The number of amides is 2. The fraction of sp³-hybridized carbons (Fsp3) is 0.500. The first kappa shape index (κ1) is 18.2. The van der Waals surface area contributed by atoms with Gasteiger partial charge in [0.05, 0.1) is 6.20 Å². The minimum Gasteiger partial charge on any atom is -0.323 e. The van der Waals surface area contributed by atoms with Crippen LogP contribution in [0.4, 0.5) is 10.5 Å². The smallest absolute Gasteiger partial charge is 0.323 e. The Hall–Kier alpha value is -2.15. The number of anilines is 1. The van der Waals surface area contributed by atoms with Gasteiger partial charge in [-0.3, -0.25) is 4.72 Å². The van der Waals surface area contributed by atoms with E-state index < -0.39 is 17.0 Å². The Morgan fingerprint density at radius 2 is 1.78 bits per heavy atom. The Morgan fingerprint density at radius 1 is 1.15 bits per heavy atom. The lowest BCUT2D eigenvalue weighted by Gasteiger charge is -2.16. The number of carbonyl (C=O) groups excluding carboxylic acids is 1. The van der Waals surface area contributed by atoms with Gasteiger partial charge in [-0.25, -0.2) is 14.0 Å². The number of aromatic nitrogens is 2. The molecule has 2 N–H and O–H groups in total. The number of rotatable bonds is 4. The number of imidazole rings is 1. The van der Waals surface area contributed by atoms with Crippen molar-refractivity contribution < 1.29 is 9.00 Å². The molecule has 1 atom stereocenters. The van der Waals surface area contributed by atoms with Crippen LogP contribution in [0.15, 0.2) is 17.3 Å². The average molecular weight is 387 g/mol. The highest BCUT2D eigenvalue weighted by molar-refractivity contribution is 7.83. The number of urea groups is 1. The van der Waals surface area contributed by atoms with E-state index in [1.54, 1.807) is 10.8 Å². The fourth-order valence-electron chi connectivity index (χ4n) is 4.36. The summed E-state index contributed by atoms with van der Waals surface area (Å²) >= 11 is 0. The molecular formula is C20H26N4O2S. The highest BCUT2D eigenvalue weighted by atomic mass is 32.2. The zero-order valence-corrected chi connectivity index (χ0v) is 16.9. The first-order chi connectivity index (χ1) is 13.0. The molecule has 1 aromatic carbocycles. The van der Waals surface area contributed by atoms with Crippen molar-refractivity contribution in [2.45, 2.75) is 63.3 Å². The summed E-state index contributed by atoms with van der Waals surface area (Å²) in [5.41, 5.74) is 6.21. The van der Waals surface area contributed by atoms with Crippen molar-refractivity contribution in [3.8, 4) is 0 Å². The largest absolute Gasteiger partial charge is 0.331 e. The molecule has 27 heavy (non-hydrogen) atoms. The molecule has 0 fully saturated rings. The van der Waals surface area contributed by atoms with E-state index in [4.69, 9.17) is 0 Å². The lowest BCUT2D eigenvalue weighted by Crippen LogP contribution is -2.32. The number of fused-ring (bicyclic) bond motifs is 2. The van der Waals surface area contributed by atoms with E-state index in [0.29, 0.717) is 5.03 Å². The van der Waals surface area contributed by atoms with Gasteiger partial charge < -0.3 is 9.88 Å². The van der Waals surface area contributed by atoms with E-state index in [-0.39, 0.29) is 5.92 Å². The number of nitrogens with zero attached hydrogens (tertiary/aromatic N) is 2. The van der Waals surface area contributed by atoms with Gasteiger partial charge >= 0.3 is 6.03 Å². The van der Waals surface area contributed by atoms with Crippen molar-refractivity contribution in [3.05, 3.63) is 40.3 Å². The topological polar surface area (TPSA) is 76.0 Å². The highest BCUT2D eigenvalue weighted by Crippen LogP contribution is 2.38. The summed E-state index contributed by atoms with van der Waals surface area (Å²) in [7, 11) is 0.173. The Morgan fingerprint density at radius 3 is 2.33 bits per heavy atom. The van der Waals surface area contributed by atoms with E-state index in [2.05, 4.69) is 21.1 Å². The van der Waals surface area contributed by atoms with E-state index in [9.17, 15) is 9.00 Å². The first-order valence-corrected chi connectivity index (χ1v) is 10.8. The summed E-state index contributed by atoms with van der Waals surface area (Å²) in [5.74, 6) is 1.07. The summed E-state index contributed by atoms with van der Waals surface area (Å²) in [5, 5.41) is 3.52. The second-order valence-corrected chi connectivity index (χ2v) is 8.89. The van der Waals surface area contributed by atoms with Crippen molar-refractivity contribution >= 4 is 22.7 Å². The van der Waals surface area contributed by atoms with Crippen LogP contribution in [-0.4, -0.2) is 19.8 Å². The molecule has 2 aliphatic carbocycles. The molecule has 4 rings (SSSR count). The van der Waals surface area contributed by atoms with Gasteiger partial charge in [-0.2, -0.15) is 0 Å². The molecule has 0 saturated heterocycles. The normalized spacial score (nSPS) is 16.3. The summed E-state index contributed by atoms with van der Waals surface area (Å²) in [6.07, 6.45) is 8.00. The maximum atomic E-state index is 12.6. The van der Waals surface area contributed by atoms with Crippen LogP contribution in [0.2, 0.25) is 0 Å². The molecule has 7 heteroatoms. The molecule has 0 spiro atoms. The quantitative estimate of drug-likeness (QED) is 0.846. The number of carbonyl (C=O) groups is 1. The van der Waals surface area contributed by atoms with Gasteiger partial charge in [0.15, 0.2) is 11.0 Å². The molecule has 0 radical (unpaired) electrons. The third-order valence-corrected chi connectivity index (χ3v) is 6.71. The second-order valence-electron chi connectivity index (χ2n) is 7.73. The standard InChI is InChI=1S/C20H26N4O2S/c1-12(2)19-21-11-17(24(19)3)27(26)23-20(25)22-18-15-8-4-6-13(15)10-14-7-5-9-16(14)18/h10-12H,4-9H2,1-3H3,(H2,22,23,25). The van der Waals surface area contributed by atoms with Crippen LogP contribution in [0, 0.1) is 0 Å². The zero-order chi connectivity index (χ0) is 19.1. The van der Waals surface area contributed by atoms with E-state index in [1.165, 1.54) is 22.3 Å². The van der Waals surface area contributed by atoms with Gasteiger partial charge in [0.25, 0.3) is 0 Å². The van der Waals surface area contributed by atoms with Gasteiger partial charge in [0.2, 0.25) is 0 Å². The van der Waals surface area contributed by atoms with Crippen LogP contribution in [0.5, 0.6) is 0 Å². The third-order valence-electron chi connectivity index (χ3n) is 5.58. The van der Waals surface area contributed by atoms with Gasteiger partial charge in [0.1, 0.15) is 10.9 Å². The van der Waals surface area contributed by atoms with Crippen molar-refractivity contribution in [3.63, 3.8) is 0 Å². The number of hydrogen-bond donors (Lipinski definition) is 2. The van der Waals surface area contributed by atoms with E-state index in [0.717, 1.165) is 50.0 Å². The summed E-state index contributed by atoms with van der Waals surface area (Å²) in [6.45, 7) is 4.07. The molecule has 144 valence electrons. The first-order valence-electron chi connectivity index (χ1n) is 9.63. The summed E-state index contributed by atoms with van der Waals surface area (Å²) in [6, 6.07) is 1.91. The van der Waals surface area contributed by atoms with Crippen LogP contribution in [0.1, 0.15) is 60.7 Å². The number of nitrogens with one attached hydrogen (secondary N) is 2. The van der Waals surface area contributed by atoms with Crippen molar-refractivity contribution in [1.82, 2.24) is 14.3 Å². The predicted molar refractivity (Wildman–Crippen MR) is 106 cm³/mol. The SMILES string of the molecule is CC(C)c1ncc(S(=O)NC(=O)Nc2c3c(cc4c2CCC4)CCC3)n1C. The van der Waals surface area contributed by atoms with E-state index >= 15 is 0 Å². The molecular weight excluding hydrogens is 360 g/mol. The molecule has 0 bridgehead atoms. The predicted octanol–water partition coefficient (Wildman–Crippen LogP) is 3.37. The molecule has 1 aromatic heterocycles. The number of aryl methyl sites for hydroxylation is 2. The van der Waals surface area contributed by atoms with Gasteiger partial charge in [-0.15, -0.1) is 0 Å². The van der Waals surface area contributed by atoms with Gasteiger partial charge in [-0.05, 0) is 60.8 Å². The molecule has 6 nitrogen and oxygen atoms in total. The molecule has 2 amide bonds. The fourth-order valence-corrected chi connectivity index (χ4v) is 5.17. The second kappa shape index (κ2) is 7.11. The van der Waals surface area contributed by atoms with Crippen LogP contribution in [-0.2, 0) is 43.7 Å². The Kier molecular flexibility index (Phi) is 4.80. The van der Waals surface area contributed by atoms with Crippen LogP contribution in [0.3, 0.4) is 0 Å². The molecule has 2 aromatic rings. The van der Waals surface area contributed by atoms with Gasteiger partial charge in [-0.1, -0.05) is 19.9 Å². The van der Waals surface area contributed by atoms with Crippen LogP contribution < -0.4 is 10.0 Å².